The lowest BCUT2D eigenvalue weighted by atomic mass is 10.1. The number of aromatic amines is 3. The largest absolute Gasteiger partial charge is 0.350 e. The van der Waals surface area contributed by atoms with Crippen LogP contribution in [0.3, 0.4) is 0 Å². The number of nitrogens with zero attached hydrogens (tertiary/aromatic N) is 1. The first kappa shape index (κ1) is 17.1. The summed E-state index contributed by atoms with van der Waals surface area (Å²) in [6, 6.07) is 13.4. The van der Waals surface area contributed by atoms with Gasteiger partial charge in [0.25, 0.3) is 0 Å². The highest BCUT2D eigenvalue weighted by Crippen LogP contribution is 2.17. The van der Waals surface area contributed by atoms with Gasteiger partial charge in [0.2, 0.25) is 5.91 Å². The van der Waals surface area contributed by atoms with Crippen molar-refractivity contribution >= 4 is 28.0 Å². The van der Waals surface area contributed by atoms with Crippen LogP contribution in [0.25, 0.3) is 22.1 Å². The fourth-order valence-electron chi connectivity index (χ4n) is 3.26. The van der Waals surface area contributed by atoms with Crippen molar-refractivity contribution in [1.29, 1.82) is 0 Å². The second-order valence-corrected chi connectivity index (χ2v) is 6.73. The zero-order valence-corrected chi connectivity index (χ0v) is 15.0. The van der Waals surface area contributed by atoms with Gasteiger partial charge in [-0.25, -0.2) is 9.78 Å². The third-order valence-electron chi connectivity index (χ3n) is 4.67. The summed E-state index contributed by atoms with van der Waals surface area (Å²) in [5.74, 6) is 0.903. The average Bonchev–Trinajstić information content (AvgIpc) is 3.22. The van der Waals surface area contributed by atoms with E-state index in [-0.39, 0.29) is 17.6 Å². The monoisotopic (exact) mass is 363 g/mol. The molecule has 4 aromatic rings. The molecule has 0 fully saturated rings. The molecule has 0 spiro atoms. The maximum Gasteiger partial charge on any atom is 0.323 e. The van der Waals surface area contributed by atoms with Gasteiger partial charge >= 0.3 is 5.69 Å². The lowest BCUT2D eigenvalue weighted by Crippen LogP contribution is -2.26. The molecule has 1 amide bonds. The highest BCUT2D eigenvalue weighted by atomic mass is 16.1. The number of hydrogen-bond donors (Lipinski definition) is 4. The highest BCUT2D eigenvalue weighted by molar-refractivity contribution is 5.78. The van der Waals surface area contributed by atoms with Gasteiger partial charge in [-0.1, -0.05) is 18.2 Å². The van der Waals surface area contributed by atoms with Crippen LogP contribution in [0.15, 0.2) is 47.3 Å². The van der Waals surface area contributed by atoms with Gasteiger partial charge < -0.3 is 20.3 Å². The van der Waals surface area contributed by atoms with Gasteiger partial charge in [-0.3, -0.25) is 4.79 Å². The van der Waals surface area contributed by atoms with Crippen molar-refractivity contribution in [2.24, 2.45) is 0 Å². The van der Waals surface area contributed by atoms with Crippen molar-refractivity contribution in [3.8, 4) is 0 Å². The Morgan fingerprint density at radius 2 is 1.89 bits per heavy atom. The minimum atomic E-state index is -0.232. The minimum Gasteiger partial charge on any atom is -0.350 e. The van der Waals surface area contributed by atoms with Crippen molar-refractivity contribution < 1.29 is 4.79 Å². The Balaban J connectivity index is 1.31. The molecular weight excluding hydrogens is 342 g/mol. The quantitative estimate of drug-likeness (QED) is 0.423. The molecule has 1 atom stereocenters. The van der Waals surface area contributed by atoms with Crippen molar-refractivity contribution in [2.75, 3.05) is 0 Å². The molecule has 0 aliphatic carbocycles. The molecule has 7 heteroatoms. The molecule has 138 valence electrons. The summed E-state index contributed by atoms with van der Waals surface area (Å²) in [6.07, 6.45) is 1.89. The van der Waals surface area contributed by atoms with Crippen LogP contribution in [-0.2, 0) is 11.2 Å². The SMILES string of the molecule is CC(NC(=O)CCCc1nc2ccccc2[nH]1)c1ccc2[nH]c(=O)[nH]c2c1. The molecule has 2 aromatic carbocycles. The molecule has 0 radical (unpaired) electrons. The molecule has 0 aliphatic rings. The molecule has 0 aliphatic heterocycles. The fraction of sp³-hybridized carbons (Fsp3) is 0.250. The van der Waals surface area contributed by atoms with Crippen LogP contribution >= 0.6 is 0 Å². The molecule has 4 N–H and O–H groups in total. The van der Waals surface area contributed by atoms with Gasteiger partial charge in [-0.15, -0.1) is 0 Å². The number of aryl methyl sites for hydroxylation is 1. The zero-order valence-electron chi connectivity index (χ0n) is 15.0. The summed E-state index contributed by atoms with van der Waals surface area (Å²) in [5.41, 5.74) is 4.18. The van der Waals surface area contributed by atoms with E-state index < -0.39 is 0 Å². The number of imidazole rings is 2. The van der Waals surface area contributed by atoms with Gasteiger partial charge in [-0.05, 0) is 43.2 Å². The number of para-hydroxylation sites is 2. The van der Waals surface area contributed by atoms with E-state index in [2.05, 4.69) is 25.3 Å². The molecule has 2 aromatic heterocycles. The van der Waals surface area contributed by atoms with Crippen molar-refractivity contribution in [3.05, 3.63) is 64.3 Å². The lowest BCUT2D eigenvalue weighted by molar-refractivity contribution is -0.121. The fourth-order valence-corrected chi connectivity index (χ4v) is 3.26. The summed E-state index contributed by atoms with van der Waals surface area (Å²) in [6.45, 7) is 1.93. The van der Waals surface area contributed by atoms with Crippen molar-refractivity contribution in [3.63, 3.8) is 0 Å². The Morgan fingerprint density at radius 3 is 2.74 bits per heavy atom. The summed E-state index contributed by atoms with van der Waals surface area (Å²) in [7, 11) is 0. The summed E-state index contributed by atoms with van der Waals surface area (Å²) < 4.78 is 0. The number of carbonyl (C=O) groups is 1. The second kappa shape index (κ2) is 7.11. The normalized spacial score (nSPS) is 12.5. The summed E-state index contributed by atoms with van der Waals surface area (Å²) in [5, 5.41) is 3.01. The van der Waals surface area contributed by atoms with E-state index in [1.54, 1.807) is 0 Å². The van der Waals surface area contributed by atoms with Gasteiger partial charge in [0.05, 0.1) is 28.1 Å². The number of H-pyrrole nitrogens is 3. The standard InChI is InChI=1S/C20H21N5O2/c1-12(13-9-10-16-17(11-13)25-20(27)24-16)21-19(26)8-4-7-18-22-14-5-2-3-6-15(14)23-18/h2-3,5-6,9-12H,4,7-8H2,1H3,(H,21,26)(H,22,23)(H2,24,25,27). The van der Waals surface area contributed by atoms with Gasteiger partial charge in [0.1, 0.15) is 5.82 Å². The van der Waals surface area contributed by atoms with Crippen LogP contribution < -0.4 is 11.0 Å². The number of benzene rings is 2. The number of aromatic nitrogens is 4. The Morgan fingerprint density at radius 1 is 1.07 bits per heavy atom. The predicted octanol–water partition coefficient (Wildman–Crippen LogP) is 2.93. The number of rotatable bonds is 6. The predicted molar refractivity (Wildman–Crippen MR) is 105 cm³/mol. The third-order valence-corrected chi connectivity index (χ3v) is 4.67. The maximum atomic E-state index is 12.3. The van der Waals surface area contributed by atoms with Crippen LogP contribution in [0.1, 0.15) is 37.2 Å². The Bertz CT molecular complexity index is 1120. The van der Waals surface area contributed by atoms with E-state index in [0.29, 0.717) is 6.42 Å². The number of amides is 1. The van der Waals surface area contributed by atoms with E-state index in [1.165, 1.54) is 0 Å². The van der Waals surface area contributed by atoms with E-state index in [0.717, 1.165) is 46.3 Å². The summed E-state index contributed by atoms with van der Waals surface area (Å²) >= 11 is 0. The molecule has 27 heavy (non-hydrogen) atoms. The molecular formula is C20H21N5O2. The Labute approximate surface area is 155 Å². The van der Waals surface area contributed by atoms with Crippen LogP contribution in [-0.4, -0.2) is 25.8 Å². The molecule has 4 rings (SSSR count). The van der Waals surface area contributed by atoms with Crippen LogP contribution in [0, 0.1) is 0 Å². The smallest absolute Gasteiger partial charge is 0.323 e. The minimum absolute atomic E-state index is 0.00118. The summed E-state index contributed by atoms with van der Waals surface area (Å²) in [4.78, 5) is 36.9. The van der Waals surface area contributed by atoms with Gasteiger partial charge in [0.15, 0.2) is 0 Å². The van der Waals surface area contributed by atoms with Crippen LogP contribution in [0.5, 0.6) is 0 Å². The maximum absolute atomic E-state index is 12.3. The molecule has 0 saturated carbocycles. The molecule has 0 saturated heterocycles. The van der Waals surface area contributed by atoms with Gasteiger partial charge in [0, 0.05) is 12.8 Å². The Hall–Kier alpha value is -3.35. The van der Waals surface area contributed by atoms with Crippen molar-refractivity contribution in [2.45, 2.75) is 32.2 Å². The third kappa shape index (κ3) is 3.76. The molecule has 0 bridgehead atoms. The van der Waals surface area contributed by atoms with Crippen LogP contribution in [0.4, 0.5) is 0 Å². The molecule has 1 unspecified atom stereocenters. The number of carbonyl (C=O) groups excluding carboxylic acids is 1. The first-order chi connectivity index (χ1) is 13.1. The van der Waals surface area contributed by atoms with E-state index in [1.807, 2.05) is 49.4 Å². The van der Waals surface area contributed by atoms with E-state index in [9.17, 15) is 9.59 Å². The number of fused-ring (bicyclic) bond motifs is 2. The number of hydrogen-bond acceptors (Lipinski definition) is 3. The first-order valence-electron chi connectivity index (χ1n) is 9.03. The first-order valence-corrected chi connectivity index (χ1v) is 9.03. The number of nitrogens with one attached hydrogen (secondary N) is 4. The lowest BCUT2D eigenvalue weighted by Gasteiger charge is -2.14. The van der Waals surface area contributed by atoms with Crippen molar-refractivity contribution in [1.82, 2.24) is 25.3 Å². The molecule has 7 nitrogen and oxygen atoms in total. The topological polar surface area (TPSA) is 106 Å². The van der Waals surface area contributed by atoms with Gasteiger partial charge in [-0.2, -0.15) is 0 Å². The Kier molecular flexibility index (Phi) is 4.50. The second-order valence-electron chi connectivity index (χ2n) is 6.73. The molecule has 2 heterocycles. The highest BCUT2D eigenvalue weighted by Gasteiger charge is 2.11. The average molecular weight is 363 g/mol. The van der Waals surface area contributed by atoms with Crippen LogP contribution in [0.2, 0.25) is 0 Å². The zero-order chi connectivity index (χ0) is 18.8. The van der Waals surface area contributed by atoms with E-state index in [4.69, 9.17) is 0 Å². The van der Waals surface area contributed by atoms with E-state index >= 15 is 0 Å².